The van der Waals surface area contributed by atoms with Gasteiger partial charge in [0.2, 0.25) is 11.6 Å². The van der Waals surface area contributed by atoms with Gasteiger partial charge in [0.15, 0.2) is 0 Å². The monoisotopic (exact) mass is 381 g/mol. The summed E-state index contributed by atoms with van der Waals surface area (Å²) >= 11 is 1.05. The van der Waals surface area contributed by atoms with E-state index in [-0.39, 0.29) is 18.0 Å². The molecule has 0 fully saturated rings. The van der Waals surface area contributed by atoms with Crippen LogP contribution in [-0.2, 0) is 17.4 Å². The van der Waals surface area contributed by atoms with Crippen molar-refractivity contribution in [3.63, 3.8) is 0 Å². The number of alkyl halides is 3. The summed E-state index contributed by atoms with van der Waals surface area (Å²) in [5.41, 5.74) is -0.751. The summed E-state index contributed by atoms with van der Waals surface area (Å²) in [7, 11) is 0. The van der Waals surface area contributed by atoms with Gasteiger partial charge in [0, 0.05) is 4.90 Å². The number of benzene rings is 1. The molecule has 0 saturated heterocycles. The average Bonchev–Trinajstić information content (AvgIpc) is 3.26. The Morgan fingerprint density at radius 3 is 2.69 bits per heavy atom. The zero-order valence-electron chi connectivity index (χ0n) is 12.9. The van der Waals surface area contributed by atoms with Crippen LogP contribution in [0, 0.1) is 0 Å². The zero-order chi connectivity index (χ0) is 18.7. The number of rotatable bonds is 6. The molecule has 0 radical (unpaired) electrons. The van der Waals surface area contributed by atoms with Gasteiger partial charge in [-0.3, -0.25) is 14.7 Å². The lowest BCUT2D eigenvalue weighted by molar-refractivity contribution is -0.137. The quantitative estimate of drug-likeness (QED) is 0.519. The van der Waals surface area contributed by atoms with E-state index >= 15 is 0 Å². The van der Waals surface area contributed by atoms with Crippen LogP contribution in [-0.4, -0.2) is 26.7 Å². The van der Waals surface area contributed by atoms with E-state index in [9.17, 15) is 22.8 Å². The van der Waals surface area contributed by atoms with Crippen molar-refractivity contribution in [2.24, 2.45) is 0 Å². The first kappa shape index (κ1) is 17.9. The van der Waals surface area contributed by atoms with Gasteiger partial charge in [-0.25, -0.2) is 4.98 Å². The molecule has 6 nitrogen and oxygen atoms in total. The van der Waals surface area contributed by atoms with Crippen molar-refractivity contribution < 1.29 is 27.2 Å². The van der Waals surface area contributed by atoms with Crippen LogP contribution in [0.5, 0.6) is 0 Å². The molecule has 1 N–H and O–H groups in total. The van der Waals surface area contributed by atoms with Gasteiger partial charge in [-0.05, 0) is 24.3 Å². The first-order valence-electron chi connectivity index (χ1n) is 7.19. The molecule has 0 spiro atoms. The second-order valence-electron chi connectivity index (χ2n) is 5.13. The Kier molecular flexibility index (Phi) is 4.94. The van der Waals surface area contributed by atoms with E-state index in [1.54, 1.807) is 0 Å². The number of nitrogens with zero attached hydrogens (tertiary/aromatic N) is 2. The Labute approximate surface area is 148 Å². The Morgan fingerprint density at radius 1 is 1.19 bits per heavy atom. The number of halogens is 3. The molecule has 10 heteroatoms. The smallest absolute Gasteiger partial charge is 0.416 e. The molecule has 3 rings (SSSR count). The number of Topliss-reactive ketones (excluding diaryl/α,β-unsaturated/α-hetero) is 2. The Hall–Kier alpha value is -2.88. The van der Waals surface area contributed by atoms with Gasteiger partial charge < -0.3 is 4.42 Å². The third kappa shape index (κ3) is 4.20. The number of H-pyrrole nitrogens is 1. The van der Waals surface area contributed by atoms with Crippen LogP contribution in [0.2, 0.25) is 0 Å². The zero-order valence-corrected chi connectivity index (χ0v) is 13.7. The minimum Gasteiger partial charge on any atom is -0.468 e. The predicted octanol–water partition coefficient (Wildman–Crippen LogP) is 3.56. The predicted molar refractivity (Wildman–Crippen MR) is 83.7 cm³/mol. The van der Waals surface area contributed by atoms with E-state index in [1.165, 1.54) is 30.8 Å². The molecule has 0 saturated carbocycles. The fraction of sp³-hybridized carbons (Fsp3) is 0.125. The molecule has 2 aromatic heterocycles. The highest BCUT2D eigenvalue weighted by atomic mass is 32.2. The molecule has 134 valence electrons. The molecule has 0 bridgehead atoms. The molecular weight excluding hydrogens is 371 g/mol. The summed E-state index contributed by atoms with van der Waals surface area (Å²) in [5.74, 6) is -1.63. The van der Waals surface area contributed by atoms with Crippen molar-refractivity contribution in [1.29, 1.82) is 0 Å². The van der Waals surface area contributed by atoms with Gasteiger partial charge in [0.05, 0.1) is 16.9 Å². The molecule has 2 heterocycles. The fourth-order valence-corrected chi connectivity index (χ4v) is 2.95. The normalized spacial score (nSPS) is 11.5. The number of hydrogen-bond donors (Lipinski definition) is 1. The number of ketones is 2. The van der Waals surface area contributed by atoms with Crippen LogP contribution in [0.25, 0.3) is 0 Å². The van der Waals surface area contributed by atoms with E-state index in [0.29, 0.717) is 9.79 Å². The maximum atomic E-state index is 12.7. The molecule has 1 aromatic carbocycles. The summed E-state index contributed by atoms with van der Waals surface area (Å²) in [6.45, 7) is 0. The molecule has 0 aliphatic rings. The largest absolute Gasteiger partial charge is 0.468 e. The average molecular weight is 381 g/mol. The molecule has 0 atom stereocenters. The highest BCUT2D eigenvalue weighted by Gasteiger charge is 2.30. The number of carbonyl (C=O) groups is 2. The van der Waals surface area contributed by atoms with Crippen LogP contribution >= 0.6 is 11.8 Å². The van der Waals surface area contributed by atoms with Gasteiger partial charge >= 0.3 is 6.18 Å². The van der Waals surface area contributed by atoms with Gasteiger partial charge in [-0.2, -0.15) is 13.2 Å². The van der Waals surface area contributed by atoms with E-state index in [0.717, 1.165) is 23.9 Å². The van der Waals surface area contributed by atoms with Crippen molar-refractivity contribution >= 4 is 23.3 Å². The number of aromatic nitrogens is 3. The molecular formula is C16H10F3N3O3S. The summed E-state index contributed by atoms with van der Waals surface area (Å²) in [6, 6.07) is 6.34. The van der Waals surface area contributed by atoms with Crippen LogP contribution in [0.15, 0.2) is 57.1 Å². The summed E-state index contributed by atoms with van der Waals surface area (Å²) in [6.07, 6.45) is -2.23. The minimum atomic E-state index is -4.43. The maximum absolute atomic E-state index is 12.7. The van der Waals surface area contributed by atoms with Gasteiger partial charge in [-0.1, -0.05) is 17.8 Å². The number of aromatic amines is 1. The second-order valence-corrected chi connectivity index (χ2v) is 6.28. The van der Waals surface area contributed by atoms with Crippen LogP contribution < -0.4 is 0 Å². The second kappa shape index (κ2) is 7.16. The lowest BCUT2D eigenvalue weighted by Crippen LogP contribution is -2.17. The lowest BCUT2D eigenvalue weighted by atomic mass is 10.1. The van der Waals surface area contributed by atoms with Crippen LogP contribution in [0.3, 0.4) is 0 Å². The first-order chi connectivity index (χ1) is 12.3. The fourth-order valence-electron chi connectivity index (χ4n) is 2.06. The van der Waals surface area contributed by atoms with Gasteiger partial charge in [-0.15, -0.1) is 5.10 Å². The van der Waals surface area contributed by atoms with E-state index < -0.39 is 23.3 Å². The first-order valence-corrected chi connectivity index (χ1v) is 8.00. The standard InChI is InChI=1S/C16H10F3N3O3S/c17-16(18,19)9-2-1-3-11(4-9)26-12-5-10(25-7-12)6-13(23)14(24)15-20-8-21-22-15/h1-5,7-8H,6H2,(H,20,21,22). The van der Waals surface area contributed by atoms with Crippen molar-refractivity contribution in [3.8, 4) is 0 Å². The number of carbonyl (C=O) groups excluding carboxylic acids is 2. The summed E-state index contributed by atoms with van der Waals surface area (Å²) < 4.78 is 43.4. The highest BCUT2D eigenvalue weighted by molar-refractivity contribution is 7.99. The summed E-state index contributed by atoms with van der Waals surface area (Å²) in [5, 5.41) is 5.87. The lowest BCUT2D eigenvalue weighted by Gasteiger charge is -2.07. The SMILES string of the molecule is O=C(Cc1cc(Sc2cccc(C(F)(F)F)c2)co1)C(=O)c1nc[nH]n1. The Bertz CT molecular complexity index is 936. The minimum absolute atomic E-state index is 0.216. The molecule has 3 aromatic rings. The van der Waals surface area contributed by atoms with Crippen molar-refractivity contribution in [3.05, 3.63) is 60.1 Å². The van der Waals surface area contributed by atoms with Crippen LogP contribution in [0.1, 0.15) is 21.9 Å². The number of hydrogen-bond acceptors (Lipinski definition) is 6. The molecule has 26 heavy (non-hydrogen) atoms. The van der Waals surface area contributed by atoms with Crippen LogP contribution in [0.4, 0.5) is 13.2 Å². The van der Waals surface area contributed by atoms with E-state index in [4.69, 9.17) is 4.42 Å². The summed E-state index contributed by atoms with van der Waals surface area (Å²) in [4.78, 5) is 28.2. The Balaban J connectivity index is 1.67. The third-order valence-electron chi connectivity index (χ3n) is 3.23. The maximum Gasteiger partial charge on any atom is 0.416 e. The van der Waals surface area contributed by atoms with Gasteiger partial charge in [0.1, 0.15) is 18.4 Å². The molecule has 0 aliphatic heterocycles. The van der Waals surface area contributed by atoms with Crippen molar-refractivity contribution in [2.45, 2.75) is 22.4 Å². The third-order valence-corrected chi connectivity index (χ3v) is 4.17. The molecule has 0 unspecified atom stereocenters. The number of furan rings is 1. The molecule has 0 aliphatic carbocycles. The van der Waals surface area contributed by atoms with Gasteiger partial charge in [0.25, 0.3) is 5.78 Å². The molecule has 0 amide bonds. The highest BCUT2D eigenvalue weighted by Crippen LogP contribution is 2.35. The topological polar surface area (TPSA) is 88.9 Å². The number of nitrogens with one attached hydrogen (secondary N) is 1. The van der Waals surface area contributed by atoms with E-state index in [1.807, 2.05) is 0 Å². The van der Waals surface area contributed by atoms with Crippen molar-refractivity contribution in [2.75, 3.05) is 0 Å². The van der Waals surface area contributed by atoms with Crippen molar-refractivity contribution in [1.82, 2.24) is 15.2 Å². The van der Waals surface area contributed by atoms with E-state index in [2.05, 4.69) is 15.2 Å². The Morgan fingerprint density at radius 2 is 2.00 bits per heavy atom.